The van der Waals surface area contributed by atoms with Crippen molar-refractivity contribution >= 4 is 5.91 Å². The van der Waals surface area contributed by atoms with Gasteiger partial charge in [-0.1, -0.05) is 42.0 Å². The summed E-state index contributed by atoms with van der Waals surface area (Å²) in [5, 5.41) is 0. The Morgan fingerprint density at radius 3 is 2.54 bits per heavy atom. The fourth-order valence-electron chi connectivity index (χ4n) is 2.84. The maximum atomic E-state index is 12.8. The monoisotopic (exact) mass is 349 g/mol. The zero-order valence-electron chi connectivity index (χ0n) is 15.4. The standard InChI is InChI=1S/C22H23NO3/c1-16-9-10-18(17(2)13-16)14-23(3)22(24)21-19(11-12-25-21)15-26-20-7-5-4-6-8-20/h4-13H,14-15H2,1-3H3. The molecule has 0 saturated carbocycles. The molecule has 2 aromatic carbocycles. The van der Waals surface area contributed by atoms with Gasteiger partial charge in [0.05, 0.1) is 6.26 Å². The zero-order valence-corrected chi connectivity index (χ0v) is 15.4. The maximum Gasteiger partial charge on any atom is 0.290 e. The summed E-state index contributed by atoms with van der Waals surface area (Å²) in [6, 6.07) is 17.6. The summed E-state index contributed by atoms with van der Waals surface area (Å²) in [4.78, 5) is 14.5. The molecule has 0 N–H and O–H groups in total. The van der Waals surface area contributed by atoms with Gasteiger partial charge >= 0.3 is 0 Å². The lowest BCUT2D eigenvalue weighted by molar-refractivity contribution is 0.0749. The number of aryl methyl sites for hydroxylation is 2. The third kappa shape index (κ3) is 4.14. The van der Waals surface area contributed by atoms with Gasteiger partial charge in [0.2, 0.25) is 0 Å². The van der Waals surface area contributed by atoms with E-state index < -0.39 is 0 Å². The lowest BCUT2D eigenvalue weighted by atomic mass is 10.1. The van der Waals surface area contributed by atoms with E-state index in [1.54, 1.807) is 18.0 Å². The van der Waals surface area contributed by atoms with Crippen molar-refractivity contribution < 1.29 is 13.9 Å². The van der Waals surface area contributed by atoms with Crippen LogP contribution in [0.3, 0.4) is 0 Å². The van der Waals surface area contributed by atoms with Gasteiger partial charge in [-0.3, -0.25) is 4.79 Å². The van der Waals surface area contributed by atoms with Gasteiger partial charge in [0.15, 0.2) is 5.76 Å². The number of hydrogen-bond donors (Lipinski definition) is 0. The number of para-hydroxylation sites is 1. The van der Waals surface area contributed by atoms with Gasteiger partial charge in [0.1, 0.15) is 12.4 Å². The molecule has 1 aromatic heterocycles. The quantitative estimate of drug-likeness (QED) is 0.645. The van der Waals surface area contributed by atoms with Crippen molar-refractivity contribution in [2.24, 2.45) is 0 Å². The lowest BCUT2D eigenvalue weighted by Crippen LogP contribution is -2.27. The van der Waals surface area contributed by atoms with Crippen molar-refractivity contribution in [2.45, 2.75) is 27.0 Å². The summed E-state index contributed by atoms with van der Waals surface area (Å²) < 4.78 is 11.2. The van der Waals surface area contributed by atoms with Gasteiger partial charge in [-0.15, -0.1) is 0 Å². The van der Waals surface area contributed by atoms with Gasteiger partial charge in [-0.25, -0.2) is 0 Å². The molecule has 3 rings (SSSR count). The van der Waals surface area contributed by atoms with Crippen molar-refractivity contribution in [1.82, 2.24) is 4.90 Å². The minimum absolute atomic E-state index is 0.151. The molecule has 0 unspecified atom stereocenters. The van der Waals surface area contributed by atoms with Crippen LogP contribution in [-0.4, -0.2) is 17.9 Å². The van der Waals surface area contributed by atoms with Crippen molar-refractivity contribution in [3.05, 3.63) is 88.9 Å². The summed E-state index contributed by atoms with van der Waals surface area (Å²) >= 11 is 0. The van der Waals surface area contributed by atoms with Crippen LogP contribution in [0.4, 0.5) is 0 Å². The van der Waals surface area contributed by atoms with Gasteiger partial charge in [0.25, 0.3) is 5.91 Å². The molecule has 0 fully saturated rings. The fourth-order valence-corrected chi connectivity index (χ4v) is 2.84. The molecule has 0 atom stereocenters. The molecule has 4 nitrogen and oxygen atoms in total. The molecule has 0 aliphatic rings. The number of nitrogens with zero attached hydrogens (tertiary/aromatic N) is 1. The number of amides is 1. The summed E-state index contributed by atoms with van der Waals surface area (Å²) in [6.07, 6.45) is 1.53. The summed E-state index contributed by atoms with van der Waals surface area (Å²) in [5.74, 6) is 0.936. The molecule has 0 spiro atoms. The Morgan fingerprint density at radius 1 is 1.04 bits per heavy atom. The molecule has 1 amide bonds. The molecule has 0 saturated heterocycles. The molecule has 134 valence electrons. The average molecular weight is 349 g/mol. The first-order valence-electron chi connectivity index (χ1n) is 8.60. The zero-order chi connectivity index (χ0) is 18.5. The van der Waals surface area contributed by atoms with E-state index in [-0.39, 0.29) is 5.91 Å². The molecule has 4 heteroatoms. The molecular formula is C22H23NO3. The van der Waals surface area contributed by atoms with E-state index in [0.717, 1.165) is 16.9 Å². The number of hydrogen-bond acceptors (Lipinski definition) is 3. The highest BCUT2D eigenvalue weighted by atomic mass is 16.5. The Hall–Kier alpha value is -3.01. The number of furan rings is 1. The van der Waals surface area contributed by atoms with Gasteiger partial charge in [0, 0.05) is 19.2 Å². The molecule has 1 heterocycles. The summed E-state index contributed by atoms with van der Waals surface area (Å²) in [7, 11) is 1.78. The van der Waals surface area contributed by atoms with Crippen molar-refractivity contribution in [3.63, 3.8) is 0 Å². The molecule has 0 aliphatic carbocycles. The first-order valence-corrected chi connectivity index (χ1v) is 8.60. The average Bonchev–Trinajstić information content (AvgIpc) is 3.11. The molecule has 0 radical (unpaired) electrons. The summed E-state index contributed by atoms with van der Waals surface area (Å²) in [6.45, 7) is 4.95. The van der Waals surface area contributed by atoms with Crippen LogP contribution in [0.2, 0.25) is 0 Å². The maximum absolute atomic E-state index is 12.8. The number of ether oxygens (including phenoxy) is 1. The second-order valence-corrected chi connectivity index (χ2v) is 6.47. The number of rotatable bonds is 6. The smallest absolute Gasteiger partial charge is 0.290 e. The first-order chi connectivity index (χ1) is 12.5. The van der Waals surface area contributed by atoms with Crippen LogP contribution in [0.1, 0.15) is 32.8 Å². The van der Waals surface area contributed by atoms with Crippen molar-refractivity contribution in [1.29, 1.82) is 0 Å². The van der Waals surface area contributed by atoms with E-state index in [1.165, 1.54) is 17.4 Å². The minimum atomic E-state index is -0.151. The second-order valence-electron chi connectivity index (χ2n) is 6.47. The normalized spacial score (nSPS) is 10.6. The second kappa shape index (κ2) is 7.91. The van der Waals surface area contributed by atoms with E-state index in [0.29, 0.717) is 18.9 Å². The predicted octanol–water partition coefficient (Wildman–Crippen LogP) is 4.75. The van der Waals surface area contributed by atoms with E-state index >= 15 is 0 Å². The van der Waals surface area contributed by atoms with Crippen LogP contribution >= 0.6 is 0 Å². The van der Waals surface area contributed by atoms with Crippen LogP contribution in [0.15, 0.2) is 65.3 Å². The Labute approximate surface area is 154 Å². The topological polar surface area (TPSA) is 42.7 Å². The van der Waals surface area contributed by atoms with Crippen LogP contribution in [0.25, 0.3) is 0 Å². The number of carbonyl (C=O) groups excluding carboxylic acids is 1. The SMILES string of the molecule is Cc1ccc(CN(C)C(=O)c2occc2COc2ccccc2)c(C)c1. The number of benzene rings is 2. The predicted molar refractivity (Wildman–Crippen MR) is 101 cm³/mol. The molecule has 26 heavy (non-hydrogen) atoms. The molecule has 3 aromatic rings. The van der Waals surface area contributed by atoms with E-state index in [1.807, 2.05) is 30.3 Å². The van der Waals surface area contributed by atoms with Crippen molar-refractivity contribution in [2.75, 3.05) is 7.05 Å². The van der Waals surface area contributed by atoms with Gasteiger partial charge < -0.3 is 14.1 Å². The minimum Gasteiger partial charge on any atom is -0.489 e. The van der Waals surface area contributed by atoms with E-state index in [9.17, 15) is 4.79 Å². The third-order valence-corrected chi connectivity index (χ3v) is 4.33. The number of carbonyl (C=O) groups is 1. The highest BCUT2D eigenvalue weighted by molar-refractivity contribution is 5.92. The largest absolute Gasteiger partial charge is 0.489 e. The Bertz CT molecular complexity index is 883. The lowest BCUT2D eigenvalue weighted by Gasteiger charge is -2.18. The van der Waals surface area contributed by atoms with Crippen LogP contribution < -0.4 is 4.74 Å². The summed E-state index contributed by atoms with van der Waals surface area (Å²) in [5.41, 5.74) is 4.26. The van der Waals surface area contributed by atoms with Crippen molar-refractivity contribution in [3.8, 4) is 5.75 Å². The highest BCUT2D eigenvalue weighted by Crippen LogP contribution is 2.19. The third-order valence-electron chi connectivity index (χ3n) is 4.33. The Kier molecular flexibility index (Phi) is 5.42. The fraction of sp³-hybridized carbons (Fsp3) is 0.227. The van der Waals surface area contributed by atoms with Crippen LogP contribution in [-0.2, 0) is 13.2 Å². The highest BCUT2D eigenvalue weighted by Gasteiger charge is 2.20. The Balaban J connectivity index is 1.68. The first kappa shape index (κ1) is 17.8. The Morgan fingerprint density at radius 2 is 1.81 bits per heavy atom. The molecular weight excluding hydrogens is 326 g/mol. The van der Waals surface area contributed by atoms with Gasteiger partial charge in [-0.05, 0) is 43.2 Å². The van der Waals surface area contributed by atoms with E-state index in [2.05, 4.69) is 32.0 Å². The van der Waals surface area contributed by atoms with E-state index in [4.69, 9.17) is 9.15 Å². The molecule has 0 bridgehead atoms. The van der Waals surface area contributed by atoms with Gasteiger partial charge in [-0.2, -0.15) is 0 Å². The van der Waals surface area contributed by atoms with Crippen LogP contribution in [0.5, 0.6) is 5.75 Å². The molecule has 0 aliphatic heterocycles. The van der Waals surface area contributed by atoms with Crippen LogP contribution in [0, 0.1) is 13.8 Å².